The fourth-order valence-electron chi connectivity index (χ4n) is 4.28. The first-order valence-corrected chi connectivity index (χ1v) is 13.4. The number of nitrogens with zero attached hydrogens (tertiary/aromatic N) is 5. The van der Waals surface area contributed by atoms with Gasteiger partial charge < -0.3 is 28.7 Å². The smallest absolute Gasteiger partial charge is 0.251 e. The van der Waals surface area contributed by atoms with Crippen LogP contribution in [0.15, 0.2) is 30.6 Å². The molecular formula is C27H43N5O6. The van der Waals surface area contributed by atoms with Gasteiger partial charge in [-0.25, -0.2) is 4.68 Å². The minimum Gasteiger partial charge on any atom is -0.379 e. The Labute approximate surface area is 225 Å². The highest BCUT2D eigenvalue weighted by atomic mass is 16.6. The number of hydrogen-bond donors (Lipinski definition) is 0. The van der Waals surface area contributed by atoms with Gasteiger partial charge in [-0.2, -0.15) is 0 Å². The summed E-state index contributed by atoms with van der Waals surface area (Å²) in [6.07, 6.45) is 6.49. The van der Waals surface area contributed by atoms with Crippen LogP contribution in [-0.4, -0.2) is 103 Å². The van der Waals surface area contributed by atoms with Gasteiger partial charge in [0.25, 0.3) is 5.91 Å². The van der Waals surface area contributed by atoms with Crippen LogP contribution in [0.1, 0.15) is 39.3 Å². The topological polar surface area (TPSA) is 108 Å². The van der Waals surface area contributed by atoms with E-state index in [2.05, 4.69) is 37.7 Å². The SMILES string of the molecule is C=C1C=CC(=O)N1Cc1cn(CCOCCOCCOCCOCCC(=O)N2CC[C@H](C(C)(C)C)C2)nn1. The second-order valence-electron chi connectivity index (χ2n) is 10.6. The molecule has 0 radical (unpaired) electrons. The number of ether oxygens (including phenoxy) is 4. The zero-order valence-electron chi connectivity index (χ0n) is 23.1. The summed E-state index contributed by atoms with van der Waals surface area (Å²) in [5, 5.41) is 8.15. The first-order chi connectivity index (χ1) is 18.2. The number of aromatic nitrogens is 3. The number of allylic oxidation sites excluding steroid dienone is 1. The van der Waals surface area contributed by atoms with E-state index < -0.39 is 0 Å². The Morgan fingerprint density at radius 2 is 1.63 bits per heavy atom. The lowest BCUT2D eigenvalue weighted by molar-refractivity contribution is -0.131. The van der Waals surface area contributed by atoms with Gasteiger partial charge in [-0.3, -0.25) is 9.59 Å². The van der Waals surface area contributed by atoms with Crippen LogP contribution in [-0.2, 0) is 41.6 Å². The molecule has 1 aromatic rings. The van der Waals surface area contributed by atoms with Gasteiger partial charge in [0, 0.05) is 24.9 Å². The van der Waals surface area contributed by atoms with Crippen molar-refractivity contribution in [3.63, 3.8) is 0 Å². The van der Waals surface area contributed by atoms with E-state index in [9.17, 15) is 9.59 Å². The van der Waals surface area contributed by atoms with Crippen LogP contribution >= 0.6 is 0 Å². The standard InChI is InChI=1S/C27H43N5O6/c1-22-5-6-26(34)32(22)21-24-20-31(29-28-24)10-12-36-14-16-38-18-17-37-15-13-35-11-8-25(33)30-9-7-23(19-30)27(2,3)4/h5-6,20,23H,1,7-19,21H2,2-4H3/t23-/m0/s1. The van der Waals surface area contributed by atoms with Crippen molar-refractivity contribution in [2.45, 2.75) is 46.7 Å². The highest BCUT2D eigenvalue weighted by molar-refractivity contribution is 5.92. The molecule has 2 amide bonds. The Morgan fingerprint density at radius 3 is 2.21 bits per heavy atom. The Hall–Kier alpha value is -2.60. The highest BCUT2D eigenvalue weighted by Gasteiger charge is 2.33. The molecule has 0 spiro atoms. The average Bonchev–Trinajstić information content (AvgIpc) is 3.62. The summed E-state index contributed by atoms with van der Waals surface area (Å²) < 4.78 is 23.8. The van der Waals surface area contributed by atoms with Crippen LogP contribution in [0.4, 0.5) is 0 Å². The van der Waals surface area contributed by atoms with Crippen LogP contribution in [0.5, 0.6) is 0 Å². The summed E-state index contributed by atoms with van der Waals surface area (Å²) in [7, 11) is 0. The molecule has 212 valence electrons. The van der Waals surface area contributed by atoms with E-state index >= 15 is 0 Å². The minimum absolute atomic E-state index is 0.0954. The Bertz CT molecular complexity index is 923. The van der Waals surface area contributed by atoms with Crippen LogP contribution in [0.25, 0.3) is 0 Å². The van der Waals surface area contributed by atoms with E-state index in [-0.39, 0.29) is 17.2 Å². The number of amides is 2. The molecule has 1 fully saturated rings. The Balaban J connectivity index is 1.08. The van der Waals surface area contributed by atoms with Gasteiger partial charge in [-0.1, -0.05) is 32.6 Å². The maximum absolute atomic E-state index is 12.3. The van der Waals surface area contributed by atoms with Crippen molar-refractivity contribution < 1.29 is 28.5 Å². The summed E-state index contributed by atoms with van der Waals surface area (Å²) in [5.41, 5.74) is 1.60. The van der Waals surface area contributed by atoms with Gasteiger partial charge in [-0.05, 0) is 23.8 Å². The van der Waals surface area contributed by atoms with Gasteiger partial charge in [-0.15, -0.1) is 5.10 Å². The minimum atomic E-state index is -0.0954. The van der Waals surface area contributed by atoms with Crippen molar-refractivity contribution in [3.8, 4) is 0 Å². The predicted molar refractivity (Wildman–Crippen MR) is 141 cm³/mol. The van der Waals surface area contributed by atoms with Gasteiger partial charge >= 0.3 is 0 Å². The third-order valence-corrected chi connectivity index (χ3v) is 6.74. The third-order valence-electron chi connectivity index (χ3n) is 6.74. The Kier molecular flexibility index (Phi) is 11.9. The molecule has 0 aliphatic carbocycles. The summed E-state index contributed by atoms with van der Waals surface area (Å²) in [5.74, 6) is 0.656. The van der Waals surface area contributed by atoms with Crippen molar-refractivity contribution in [3.05, 3.63) is 36.3 Å². The number of likely N-dealkylation sites (tertiary alicyclic amines) is 1. The van der Waals surface area contributed by atoms with E-state index in [1.54, 1.807) is 21.9 Å². The first-order valence-electron chi connectivity index (χ1n) is 13.4. The molecular weight excluding hydrogens is 490 g/mol. The number of carbonyl (C=O) groups is 2. The lowest BCUT2D eigenvalue weighted by Gasteiger charge is -2.27. The molecule has 2 aliphatic rings. The number of rotatable bonds is 17. The lowest BCUT2D eigenvalue weighted by Crippen LogP contribution is -2.31. The maximum Gasteiger partial charge on any atom is 0.251 e. The maximum atomic E-state index is 12.3. The van der Waals surface area contributed by atoms with Gasteiger partial charge in [0.1, 0.15) is 5.69 Å². The van der Waals surface area contributed by atoms with Gasteiger partial charge in [0.05, 0.1) is 78.6 Å². The number of carbonyl (C=O) groups excluding carboxylic acids is 2. The zero-order valence-corrected chi connectivity index (χ0v) is 23.1. The Morgan fingerprint density at radius 1 is 1.00 bits per heavy atom. The van der Waals surface area contributed by atoms with E-state index in [1.165, 1.54) is 6.08 Å². The molecule has 0 aromatic carbocycles. The quantitative estimate of drug-likeness (QED) is 0.280. The van der Waals surface area contributed by atoms with Crippen molar-refractivity contribution in [2.24, 2.45) is 11.3 Å². The first kappa shape index (κ1) is 29.9. The van der Waals surface area contributed by atoms with Crippen molar-refractivity contribution in [1.29, 1.82) is 0 Å². The van der Waals surface area contributed by atoms with Crippen LogP contribution in [0.2, 0.25) is 0 Å². The van der Waals surface area contributed by atoms with Crippen LogP contribution < -0.4 is 0 Å². The van der Waals surface area contributed by atoms with Crippen molar-refractivity contribution in [1.82, 2.24) is 24.8 Å². The summed E-state index contributed by atoms with van der Waals surface area (Å²) >= 11 is 0. The molecule has 0 N–H and O–H groups in total. The monoisotopic (exact) mass is 533 g/mol. The van der Waals surface area contributed by atoms with Crippen LogP contribution in [0, 0.1) is 11.3 Å². The molecule has 1 saturated heterocycles. The summed E-state index contributed by atoms with van der Waals surface area (Å²) in [4.78, 5) is 27.6. The molecule has 0 unspecified atom stereocenters. The molecule has 1 atom stereocenters. The molecule has 3 rings (SSSR count). The summed E-state index contributed by atoms with van der Waals surface area (Å²) in [6, 6.07) is 0. The molecule has 2 aliphatic heterocycles. The molecule has 0 bridgehead atoms. The van der Waals surface area contributed by atoms with Gasteiger partial charge in [0.2, 0.25) is 5.91 Å². The molecule has 1 aromatic heterocycles. The zero-order chi connectivity index (χ0) is 27.4. The third kappa shape index (κ3) is 9.94. The predicted octanol–water partition coefficient (Wildman–Crippen LogP) is 2.04. The fraction of sp³-hybridized carbons (Fsp3) is 0.704. The van der Waals surface area contributed by atoms with Crippen LogP contribution in [0.3, 0.4) is 0 Å². The fourth-order valence-corrected chi connectivity index (χ4v) is 4.28. The normalized spacial score (nSPS) is 17.8. The molecule has 0 saturated carbocycles. The highest BCUT2D eigenvalue weighted by Crippen LogP contribution is 2.33. The molecule has 3 heterocycles. The van der Waals surface area contributed by atoms with E-state index in [0.717, 1.165) is 19.5 Å². The van der Waals surface area contributed by atoms with Crippen molar-refractivity contribution in [2.75, 3.05) is 65.9 Å². The second-order valence-corrected chi connectivity index (χ2v) is 10.6. The average molecular weight is 534 g/mol. The second kappa shape index (κ2) is 15.1. The molecule has 11 heteroatoms. The molecule has 38 heavy (non-hydrogen) atoms. The largest absolute Gasteiger partial charge is 0.379 e. The number of hydrogen-bond acceptors (Lipinski definition) is 8. The van der Waals surface area contributed by atoms with E-state index in [4.69, 9.17) is 18.9 Å². The van der Waals surface area contributed by atoms with E-state index in [0.29, 0.717) is 89.7 Å². The summed E-state index contributed by atoms with van der Waals surface area (Å²) in [6.45, 7) is 16.9. The van der Waals surface area contributed by atoms with Crippen molar-refractivity contribution >= 4 is 11.8 Å². The van der Waals surface area contributed by atoms with E-state index in [1.807, 2.05) is 4.90 Å². The van der Waals surface area contributed by atoms with Gasteiger partial charge in [0.15, 0.2) is 0 Å². The molecule has 11 nitrogen and oxygen atoms in total. The lowest BCUT2D eigenvalue weighted by atomic mass is 9.80.